The number of benzene rings is 2. The van der Waals surface area contributed by atoms with Gasteiger partial charge in [-0.15, -0.1) is 0 Å². The standard InChI is InChI=1S/C24H19FN2O5/c1-14-11-16(23(29)31-2)5-9-19(14)21-10-8-18(32-21)12-20-22(28)27(24(30)26-20)13-15-3-6-17(25)7-4-15/h3-12H,13H2,1-2H3,(H,26,30)/b20-12+. The summed E-state index contributed by atoms with van der Waals surface area (Å²) in [4.78, 5) is 37.6. The number of ether oxygens (including phenoxy) is 1. The number of methoxy groups -OCH3 is 1. The quantitative estimate of drug-likeness (QED) is 0.368. The van der Waals surface area contributed by atoms with E-state index in [2.05, 4.69) is 5.32 Å². The van der Waals surface area contributed by atoms with Gasteiger partial charge in [0.05, 0.1) is 19.2 Å². The molecule has 2 aromatic carbocycles. The molecule has 1 fully saturated rings. The molecular weight excluding hydrogens is 415 g/mol. The summed E-state index contributed by atoms with van der Waals surface area (Å²) >= 11 is 0. The summed E-state index contributed by atoms with van der Waals surface area (Å²) in [6.45, 7) is 1.87. The van der Waals surface area contributed by atoms with Crippen molar-refractivity contribution in [2.24, 2.45) is 0 Å². The first-order valence-electron chi connectivity index (χ1n) is 9.74. The highest BCUT2D eigenvalue weighted by Crippen LogP contribution is 2.28. The number of amides is 3. The van der Waals surface area contributed by atoms with E-state index in [0.29, 0.717) is 22.6 Å². The van der Waals surface area contributed by atoms with Crippen LogP contribution in [0, 0.1) is 12.7 Å². The van der Waals surface area contributed by atoms with Gasteiger partial charge in [-0.25, -0.2) is 14.0 Å². The minimum Gasteiger partial charge on any atom is -0.465 e. The highest BCUT2D eigenvalue weighted by molar-refractivity contribution is 6.13. The number of nitrogens with one attached hydrogen (secondary N) is 1. The van der Waals surface area contributed by atoms with Crippen LogP contribution < -0.4 is 5.32 Å². The van der Waals surface area contributed by atoms with Crippen LogP contribution in [0.3, 0.4) is 0 Å². The molecule has 0 bridgehead atoms. The van der Waals surface area contributed by atoms with Crippen molar-refractivity contribution < 1.29 is 27.9 Å². The normalized spacial score (nSPS) is 14.7. The van der Waals surface area contributed by atoms with Gasteiger partial charge < -0.3 is 14.5 Å². The summed E-state index contributed by atoms with van der Waals surface area (Å²) in [5.74, 6) is -0.397. The Morgan fingerprint density at radius 2 is 1.88 bits per heavy atom. The van der Waals surface area contributed by atoms with E-state index in [9.17, 15) is 18.8 Å². The second kappa shape index (κ2) is 8.50. The van der Waals surface area contributed by atoms with Crippen molar-refractivity contribution in [2.45, 2.75) is 13.5 Å². The zero-order valence-electron chi connectivity index (χ0n) is 17.3. The van der Waals surface area contributed by atoms with Crippen LogP contribution in [0.15, 0.2) is 64.7 Å². The molecule has 0 unspecified atom stereocenters. The molecule has 2 heterocycles. The van der Waals surface area contributed by atoms with Crippen LogP contribution in [-0.4, -0.2) is 29.9 Å². The van der Waals surface area contributed by atoms with Gasteiger partial charge >= 0.3 is 12.0 Å². The zero-order chi connectivity index (χ0) is 22.8. The monoisotopic (exact) mass is 434 g/mol. The lowest BCUT2D eigenvalue weighted by atomic mass is 10.0. The summed E-state index contributed by atoms with van der Waals surface area (Å²) in [6.07, 6.45) is 1.45. The van der Waals surface area contributed by atoms with Gasteiger partial charge in [0, 0.05) is 11.6 Å². The molecule has 0 radical (unpaired) electrons. The van der Waals surface area contributed by atoms with Crippen molar-refractivity contribution >= 4 is 24.0 Å². The Bertz CT molecular complexity index is 1240. The van der Waals surface area contributed by atoms with Crippen LogP contribution in [0.5, 0.6) is 0 Å². The first-order valence-corrected chi connectivity index (χ1v) is 9.74. The highest BCUT2D eigenvalue weighted by atomic mass is 19.1. The smallest absolute Gasteiger partial charge is 0.337 e. The lowest BCUT2D eigenvalue weighted by Crippen LogP contribution is -2.30. The van der Waals surface area contributed by atoms with E-state index < -0.39 is 23.7 Å². The molecule has 1 aliphatic rings. The van der Waals surface area contributed by atoms with Crippen molar-refractivity contribution in [2.75, 3.05) is 7.11 Å². The van der Waals surface area contributed by atoms with Crippen molar-refractivity contribution in [1.29, 1.82) is 0 Å². The number of urea groups is 1. The van der Waals surface area contributed by atoms with Gasteiger partial charge in [0.15, 0.2) is 0 Å². The molecule has 3 amide bonds. The van der Waals surface area contributed by atoms with Crippen molar-refractivity contribution in [3.05, 3.63) is 88.6 Å². The van der Waals surface area contributed by atoms with Gasteiger partial charge in [-0.3, -0.25) is 9.69 Å². The fourth-order valence-corrected chi connectivity index (χ4v) is 3.39. The predicted octanol–water partition coefficient (Wildman–Crippen LogP) is 4.27. The van der Waals surface area contributed by atoms with Gasteiger partial charge in [-0.05, 0) is 54.4 Å². The Balaban J connectivity index is 1.53. The summed E-state index contributed by atoms with van der Waals surface area (Å²) in [7, 11) is 1.32. The number of nitrogens with zero attached hydrogens (tertiary/aromatic N) is 1. The average Bonchev–Trinajstić information content (AvgIpc) is 3.34. The van der Waals surface area contributed by atoms with E-state index in [1.54, 1.807) is 30.3 Å². The number of halogens is 1. The maximum atomic E-state index is 13.1. The number of esters is 1. The minimum absolute atomic E-state index is 0.0252. The molecule has 1 aliphatic heterocycles. The number of carbonyl (C=O) groups is 3. The number of imide groups is 1. The van der Waals surface area contributed by atoms with Gasteiger partial charge in [-0.1, -0.05) is 18.2 Å². The Labute approximate surface area is 183 Å². The van der Waals surface area contributed by atoms with E-state index >= 15 is 0 Å². The molecule has 162 valence electrons. The first kappa shape index (κ1) is 21.0. The molecule has 7 nitrogen and oxygen atoms in total. The Hall–Kier alpha value is -4.20. The molecule has 0 spiro atoms. The van der Waals surface area contributed by atoms with Crippen LogP contribution in [-0.2, 0) is 16.1 Å². The zero-order valence-corrected chi connectivity index (χ0v) is 17.3. The third-order valence-electron chi connectivity index (χ3n) is 5.04. The Morgan fingerprint density at radius 3 is 2.56 bits per heavy atom. The lowest BCUT2D eigenvalue weighted by molar-refractivity contribution is -0.123. The van der Waals surface area contributed by atoms with Crippen LogP contribution in [0.25, 0.3) is 17.4 Å². The lowest BCUT2D eigenvalue weighted by Gasteiger charge is -2.11. The molecule has 8 heteroatoms. The van der Waals surface area contributed by atoms with Crippen LogP contribution in [0.2, 0.25) is 0 Å². The summed E-state index contributed by atoms with van der Waals surface area (Å²) < 4.78 is 23.6. The molecule has 1 aromatic heterocycles. The molecule has 0 saturated carbocycles. The van der Waals surface area contributed by atoms with Gasteiger partial charge in [0.2, 0.25) is 0 Å². The topological polar surface area (TPSA) is 88.9 Å². The highest BCUT2D eigenvalue weighted by Gasteiger charge is 2.33. The number of aryl methyl sites for hydroxylation is 1. The molecule has 3 aromatic rings. The van der Waals surface area contributed by atoms with Gasteiger partial charge in [0.1, 0.15) is 23.0 Å². The fraction of sp³-hybridized carbons (Fsp3) is 0.125. The summed E-state index contributed by atoms with van der Waals surface area (Å²) in [5.41, 5.74) is 2.74. The van der Waals surface area contributed by atoms with Crippen LogP contribution >= 0.6 is 0 Å². The Morgan fingerprint density at radius 1 is 1.12 bits per heavy atom. The maximum absolute atomic E-state index is 13.1. The van der Waals surface area contributed by atoms with E-state index in [0.717, 1.165) is 16.0 Å². The largest absolute Gasteiger partial charge is 0.465 e. The van der Waals surface area contributed by atoms with Gasteiger partial charge in [0.25, 0.3) is 5.91 Å². The molecule has 1 saturated heterocycles. The van der Waals surface area contributed by atoms with E-state index in [1.165, 1.54) is 37.5 Å². The third-order valence-corrected chi connectivity index (χ3v) is 5.04. The SMILES string of the molecule is COC(=O)c1ccc(-c2ccc(/C=C3/NC(=O)N(Cc4ccc(F)cc4)C3=O)o2)c(C)c1. The third kappa shape index (κ3) is 4.15. The van der Waals surface area contributed by atoms with Gasteiger partial charge in [-0.2, -0.15) is 0 Å². The molecule has 0 atom stereocenters. The average molecular weight is 434 g/mol. The van der Waals surface area contributed by atoms with Crippen molar-refractivity contribution in [3.8, 4) is 11.3 Å². The van der Waals surface area contributed by atoms with E-state index in [1.807, 2.05) is 6.92 Å². The number of rotatable bonds is 5. The molecular formula is C24H19FN2O5. The first-order chi connectivity index (χ1) is 15.4. The fourth-order valence-electron chi connectivity index (χ4n) is 3.39. The molecule has 32 heavy (non-hydrogen) atoms. The van der Waals surface area contributed by atoms with Crippen LogP contribution in [0.1, 0.15) is 27.2 Å². The number of furan rings is 1. The summed E-state index contributed by atoms with van der Waals surface area (Å²) in [5, 5.41) is 2.53. The minimum atomic E-state index is -0.563. The van der Waals surface area contributed by atoms with Crippen molar-refractivity contribution in [1.82, 2.24) is 10.2 Å². The number of hydrogen-bond acceptors (Lipinski definition) is 5. The Kier molecular flexibility index (Phi) is 5.59. The second-order valence-electron chi connectivity index (χ2n) is 7.23. The number of hydrogen-bond donors (Lipinski definition) is 1. The molecule has 0 aliphatic carbocycles. The second-order valence-corrected chi connectivity index (χ2v) is 7.23. The summed E-state index contributed by atoms with van der Waals surface area (Å²) in [6, 6.07) is 13.5. The van der Waals surface area contributed by atoms with E-state index in [-0.39, 0.29) is 12.2 Å². The molecule has 1 N–H and O–H groups in total. The van der Waals surface area contributed by atoms with Crippen molar-refractivity contribution in [3.63, 3.8) is 0 Å². The van der Waals surface area contributed by atoms with Crippen LogP contribution in [0.4, 0.5) is 9.18 Å². The van der Waals surface area contributed by atoms with E-state index in [4.69, 9.17) is 9.15 Å². The maximum Gasteiger partial charge on any atom is 0.337 e. The predicted molar refractivity (Wildman–Crippen MR) is 114 cm³/mol. The number of carbonyl (C=O) groups excluding carboxylic acids is 3. The molecule has 4 rings (SSSR count).